The Hall–Kier alpha value is -1.62. The molecule has 0 aromatic rings. The second-order valence-electron chi connectivity index (χ2n) is 3.61. The van der Waals surface area contributed by atoms with Gasteiger partial charge in [0.25, 0.3) is 0 Å². The molecule has 0 radical (unpaired) electrons. The van der Waals surface area contributed by atoms with Crippen molar-refractivity contribution in [2.24, 2.45) is 11.3 Å². The molecule has 3 N–H and O–H groups in total. The zero-order chi connectivity index (χ0) is 11.6. The molecule has 0 saturated carbocycles. The molecule has 1 rings (SSSR count). The third-order valence-electron chi connectivity index (χ3n) is 2.71. The monoisotopic (exact) mass is 228 g/mol. The van der Waals surface area contributed by atoms with Gasteiger partial charge < -0.3 is 15.3 Å². The van der Waals surface area contributed by atoms with Crippen molar-refractivity contribution in [1.82, 2.24) is 0 Å². The van der Waals surface area contributed by atoms with E-state index in [4.69, 9.17) is 15.3 Å². The van der Waals surface area contributed by atoms with Crippen molar-refractivity contribution in [1.29, 1.82) is 0 Å². The molecule has 0 saturated heterocycles. The lowest BCUT2D eigenvalue weighted by Gasteiger charge is -2.32. The summed E-state index contributed by atoms with van der Waals surface area (Å²) in [5.74, 6) is -3.27. The van der Waals surface area contributed by atoms with Gasteiger partial charge >= 0.3 is 11.9 Å². The van der Waals surface area contributed by atoms with Crippen molar-refractivity contribution in [3.05, 3.63) is 23.8 Å². The molecular formula is C11H16O5. The van der Waals surface area contributed by atoms with E-state index in [1.807, 2.05) is 0 Å². The van der Waals surface area contributed by atoms with Crippen molar-refractivity contribution < 1.29 is 24.9 Å². The minimum Gasteiger partial charge on any atom is -0.481 e. The number of allylic oxidation sites excluding steroid dienone is 2. The quantitative estimate of drug-likeness (QED) is 0.667. The first-order valence-electron chi connectivity index (χ1n) is 4.40. The Kier molecular flexibility index (Phi) is 4.44. The van der Waals surface area contributed by atoms with Crippen molar-refractivity contribution in [3.8, 4) is 0 Å². The minimum absolute atomic E-state index is 0. The second kappa shape index (κ2) is 4.94. The summed E-state index contributed by atoms with van der Waals surface area (Å²) >= 11 is 0. The molecule has 0 aromatic carbocycles. The van der Waals surface area contributed by atoms with Gasteiger partial charge in [-0.25, -0.2) is 4.79 Å². The fourth-order valence-electron chi connectivity index (χ4n) is 1.64. The summed E-state index contributed by atoms with van der Waals surface area (Å²) in [6.07, 6.45) is 4.10. The van der Waals surface area contributed by atoms with E-state index in [0.717, 1.165) is 0 Å². The van der Waals surface area contributed by atoms with Crippen molar-refractivity contribution in [3.63, 3.8) is 0 Å². The van der Waals surface area contributed by atoms with E-state index in [1.54, 1.807) is 0 Å². The number of aliphatic hydroxyl groups is 1. The zero-order valence-electron chi connectivity index (χ0n) is 8.17. The van der Waals surface area contributed by atoms with E-state index in [-0.39, 0.29) is 13.0 Å². The number of hydrogen-bond acceptors (Lipinski definition) is 3. The first-order valence-corrected chi connectivity index (χ1v) is 4.40. The Balaban J connectivity index is 0.00000225. The van der Waals surface area contributed by atoms with Gasteiger partial charge in [-0.2, -0.15) is 0 Å². The molecule has 90 valence electrons. The molecule has 0 bridgehead atoms. The van der Waals surface area contributed by atoms with Crippen LogP contribution in [0.15, 0.2) is 23.8 Å². The fourth-order valence-corrected chi connectivity index (χ4v) is 1.64. The molecule has 5 heteroatoms. The van der Waals surface area contributed by atoms with Gasteiger partial charge in [0.1, 0.15) is 0 Å². The van der Waals surface area contributed by atoms with Crippen LogP contribution in [0.25, 0.3) is 0 Å². The topological polar surface area (TPSA) is 94.8 Å². The standard InChI is InChI=1S/C10H12O5.CH4/c1-10(9(14)15)4-2-3-6(8(12)13)7(10)5-11;/h2-4,7,11H,5H2,1H3,(H,12,13)(H,14,15);1H4. The van der Waals surface area contributed by atoms with E-state index in [1.165, 1.54) is 25.2 Å². The van der Waals surface area contributed by atoms with Gasteiger partial charge in [-0.05, 0) is 6.92 Å². The van der Waals surface area contributed by atoms with E-state index in [0.29, 0.717) is 0 Å². The second-order valence-corrected chi connectivity index (χ2v) is 3.61. The van der Waals surface area contributed by atoms with Crippen LogP contribution in [0.2, 0.25) is 0 Å². The van der Waals surface area contributed by atoms with Crippen molar-refractivity contribution in [2.45, 2.75) is 14.4 Å². The van der Waals surface area contributed by atoms with Crippen molar-refractivity contribution in [2.75, 3.05) is 6.61 Å². The summed E-state index contributed by atoms with van der Waals surface area (Å²) in [6.45, 7) is 0.883. The van der Waals surface area contributed by atoms with Gasteiger partial charge in [-0.15, -0.1) is 0 Å². The lowest BCUT2D eigenvalue weighted by Crippen LogP contribution is -2.40. The molecule has 16 heavy (non-hydrogen) atoms. The van der Waals surface area contributed by atoms with E-state index in [2.05, 4.69) is 0 Å². The highest BCUT2D eigenvalue weighted by Gasteiger charge is 2.44. The van der Waals surface area contributed by atoms with Crippen LogP contribution in [0.3, 0.4) is 0 Å². The SMILES string of the molecule is C.CC1(C(=O)O)C=CC=C(C(=O)O)C1CO. The zero-order valence-corrected chi connectivity index (χ0v) is 8.17. The van der Waals surface area contributed by atoms with Crippen molar-refractivity contribution >= 4 is 11.9 Å². The Labute approximate surface area is 93.7 Å². The molecule has 0 fully saturated rings. The molecule has 0 aromatic heterocycles. The molecule has 5 nitrogen and oxygen atoms in total. The first kappa shape index (κ1) is 14.4. The molecule has 2 atom stereocenters. The predicted octanol–water partition coefficient (Wildman–Crippen LogP) is 0.903. The van der Waals surface area contributed by atoms with Crippen LogP contribution in [-0.4, -0.2) is 33.9 Å². The highest BCUT2D eigenvalue weighted by molar-refractivity contribution is 5.91. The molecule has 0 aliphatic heterocycles. The Morgan fingerprint density at radius 2 is 2.00 bits per heavy atom. The number of carboxylic acid groups (broad SMARTS) is 2. The smallest absolute Gasteiger partial charge is 0.331 e. The summed E-state index contributed by atoms with van der Waals surface area (Å²) in [4.78, 5) is 21.9. The van der Waals surface area contributed by atoms with E-state index in [9.17, 15) is 9.59 Å². The largest absolute Gasteiger partial charge is 0.481 e. The Morgan fingerprint density at radius 1 is 1.44 bits per heavy atom. The summed E-state index contributed by atoms with van der Waals surface area (Å²) in [5, 5.41) is 27.0. The molecule has 1 aliphatic carbocycles. The summed E-state index contributed by atoms with van der Waals surface area (Å²) < 4.78 is 0. The van der Waals surface area contributed by atoms with Gasteiger partial charge in [-0.1, -0.05) is 25.7 Å². The molecular weight excluding hydrogens is 212 g/mol. The van der Waals surface area contributed by atoms with Gasteiger partial charge in [-0.3, -0.25) is 4.79 Å². The van der Waals surface area contributed by atoms with Crippen LogP contribution in [0, 0.1) is 11.3 Å². The highest BCUT2D eigenvalue weighted by atomic mass is 16.4. The number of carbonyl (C=O) groups is 2. The average Bonchev–Trinajstić information content (AvgIpc) is 2.16. The third kappa shape index (κ3) is 2.14. The Morgan fingerprint density at radius 3 is 2.38 bits per heavy atom. The van der Waals surface area contributed by atoms with Gasteiger partial charge in [0.05, 0.1) is 12.0 Å². The third-order valence-corrected chi connectivity index (χ3v) is 2.71. The number of aliphatic hydroxyl groups excluding tert-OH is 1. The van der Waals surface area contributed by atoms with Crippen LogP contribution in [0.4, 0.5) is 0 Å². The van der Waals surface area contributed by atoms with Gasteiger partial charge in [0.2, 0.25) is 0 Å². The van der Waals surface area contributed by atoms with Crippen LogP contribution in [-0.2, 0) is 9.59 Å². The summed E-state index contributed by atoms with van der Waals surface area (Å²) in [6, 6.07) is 0. The number of hydrogen-bond donors (Lipinski definition) is 3. The number of carboxylic acids is 2. The molecule has 0 heterocycles. The average molecular weight is 228 g/mol. The van der Waals surface area contributed by atoms with E-state index >= 15 is 0 Å². The summed E-state index contributed by atoms with van der Waals surface area (Å²) in [7, 11) is 0. The Bertz CT molecular complexity index is 355. The maximum absolute atomic E-state index is 11.0. The van der Waals surface area contributed by atoms with E-state index < -0.39 is 29.9 Å². The highest BCUT2D eigenvalue weighted by Crippen LogP contribution is 2.37. The molecule has 0 amide bonds. The maximum atomic E-state index is 11.0. The lowest BCUT2D eigenvalue weighted by atomic mass is 9.71. The number of aliphatic carboxylic acids is 2. The lowest BCUT2D eigenvalue weighted by molar-refractivity contribution is -0.148. The fraction of sp³-hybridized carbons (Fsp3) is 0.455. The van der Waals surface area contributed by atoms with Gasteiger partial charge in [0.15, 0.2) is 0 Å². The minimum atomic E-state index is -1.36. The molecule has 0 spiro atoms. The first-order chi connectivity index (χ1) is 6.93. The van der Waals surface area contributed by atoms with Crippen LogP contribution in [0.5, 0.6) is 0 Å². The molecule has 2 unspecified atom stereocenters. The summed E-state index contributed by atoms with van der Waals surface area (Å²) in [5.41, 5.74) is -1.44. The van der Waals surface area contributed by atoms with Gasteiger partial charge in [0, 0.05) is 11.5 Å². The maximum Gasteiger partial charge on any atom is 0.331 e. The van der Waals surface area contributed by atoms with Crippen LogP contribution in [0.1, 0.15) is 14.4 Å². The predicted molar refractivity (Wildman–Crippen MR) is 57.9 cm³/mol. The number of rotatable bonds is 3. The van der Waals surface area contributed by atoms with Crippen LogP contribution >= 0.6 is 0 Å². The normalized spacial score (nSPS) is 27.9. The molecule has 1 aliphatic rings. The van der Waals surface area contributed by atoms with Crippen LogP contribution < -0.4 is 0 Å².